The first-order valence-electron chi connectivity index (χ1n) is 29.5. The van der Waals surface area contributed by atoms with Gasteiger partial charge in [-0.1, -0.05) is 216 Å². The van der Waals surface area contributed by atoms with Gasteiger partial charge in [0.2, 0.25) is 5.91 Å². The molecule has 9 N–H and O–H groups in total. The fraction of sp³-hybridized carbons (Fsp3) is 0.817. The largest absolute Gasteiger partial charge is 0.394 e. The number of carbonyl (C=O) groups is 1. The first-order chi connectivity index (χ1) is 36.1. The zero-order chi connectivity index (χ0) is 53.9. The summed E-state index contributed by atoms with van der Waals surface area (Å²) in [5.74, 6) is -0.280. The molecule has 2 heterocycles. The predicted molar refractivity (Wildman–Crippen MR) is 295 cm³/mol. The lowest BCUT2D eigenvalue weighted by Crippen LogP contribution is -2.65. The van der Waals surface area contributed by atoms with Crippen LogP contribution in [-0.2, 0) is 23.7 Å². The zero-order valence-corrected chi connectivity index (χ0v) is 46.1. The van der Waals surface area contributed by atoms with Gasteiger partial charge in [0.1, 0.15) is 48.8 Å². The van der Waals surface area contributed by atoms with Crippen LogP contribution in [0.15, 0.2) is 60.8 Å². The standard InChI is InChI=1S/C60H107NO13/c1-3-5-7-9-11-13-15-17-19-20-21-22-23-24-25-26-27-28-30-31-33-35-37-39-41-43-49(64)48(61-52(65)44-42-40-38-36-34-32-29-18-16-14-12-10-8-6-4-2)47-71-59-57(70)55(68)58(51(46-63)73-59)74-60-56(69)54(67)53(66)50(45-62)72-60/h6,8,12,14,18,29,34,36,41,43,48-51,53-60,62-64,66-70H,3-5,7,9-11,13,15-17,19-28,30-33,35,37-40,42,44-47H2,1-2H3,(H,61,65)/b8-6-,14-12-,29-18-,36-34-,43-41+. The van der Waals surface area contributed by atoms with Crippen LogP contribution >= 0.6 is 0 Å². The molecule has 0 radical (unpaired) electrons. The van der Waals surface area contributed by atoms with E-state index < -0.39 is 86.8 Å². The first-order valence-corrected chi connectivity index (χ1v) is 29.5. The molecule has 0 aromatic carbocycles. The fourth-order valence-electron chi connectivity index (χ4n) is 9.46. The van der Waals surface area contributed by atoms with Gasteiger partial charge in [0.15, 0.2) is 12.6 Å². The van der Waals surface area contributed by atoms with Crippen LogP contribution in [0.3, 0.4) is 0 Å². The van der Waals surface area contributed by atoms with Crippen molar-refractivity contribution >= 4 is 5.91 Å². The van der Waals surface area contributed by atoms with Crippen molar-refractivity contribution in [3.05, 3.63) is 60.8 Å². The molecule has 0 saturated carbocycles. The lowest BCUT2D eigenvalue weighted by Gasteiger charge is -2.46. The summed E-state index contributed by atoms with van der Waals surface area (Å²) in [6.07, 6.45) is 41.3. The smallest absolute Gasteiger partial charge is 0.220 e. The third-order valence-corrected chi connectivity index (χ3v) is 14.2. The minimum absolute atomic E-state index is 0.227. The van der Waals surface area contributed by atoms with Gasteiger partial charge in [-0.15, -0.1) is 0 Å². The molecule has 1 amide bonds. The highest BCUT2D eigenvalue weighted by Crippen LogP contribution is 2.30. The van der Waals surface area contributed by atoms with Crippen molar-refractivity contribution in [1.82, 2.24) is 5.32 Å². The Kier molecular flexibility index (Phi) is 41.9. The van der Waals surface area contributed by atoms with Crippen LogP contribution in [-0.4, -0.2) is 140 Å². The molecule has 2 fully saturated rings. The van der Waals surface area contributed by atoms with E-state index in [1.54, 1.807) is 6.08 Å². The van der Waals surface area contributed by atoms with Gasteiger partial charge < -0.3 is 65.1 Å². The van der Waals surface area contributed by atoms with E-state index in [2.05, 4.69) is 67.8 Å². The number of nitrogens with one attached hydrogen (secondary N) is 1. The van der Waals surface area contributed by atoms with E-state index in [0.717, 1.165) is 57.8 Å². The summed E-state index contributed by atoms with van der Waals surface area (Å²) in [6, 6.07) is -0.939. The molecule has 2 rings (SSSR count). The minimum Gasteiger partial charge on any atom is -0.394 e. The van der Waals surface area contributed by atoms with Crippen LogP contribution in [0.25, 0.3) is 0 Å². The number of ether oxygens (including phenoxy) is 4. The molecular weight excluding hydrogens is 943 g/mol. The minimum atomic E-state index is -1.79. The van der Waals surface area contributed by atoms with E-state index in [9.17, 15) is 45.6 Å². The molecule has 2 aliphatic heterocycles. The van der Waals surface area contributed by atoms with Crippen LogP contribution in [0, 0.1) is 0 Å². The second-order valence-corrected chi connectivity index (χ2v) is 20.7. The average Bonchev–Trinajstić information content (AvgIpc) is 3.40. The quantitative estimate of drug-likeness (QED) is 0.0205. The van der Waals surface area contributed by atoms with Gasteiger partial charge in [-0.05, 0) is 57.8 Å². The van der Waals surface area contributed by atoms with Gasteiger partial charge in [0.05, 0.1) is 32.0 Å². The van der Waals surface area contributed by atoms with E-state index >= 15 is 0 Å². The summed E-state index contributed by atoms with van der Waals surface area (Å²) in [5.41, 5.74) is 0. The highest BCUT2D eigenvalue weighted by molar-refractivity contribution is 5.76. The van der Waals surface area contributed by atoms with Gasteiger partial charge in [-0.25, -0.2) is 0 Å². The van der Waals surface area contributed by atoms with Crippen LogP contribution in [0.5, 0.6) is 0 Å². The number of aliphatic hydroxyl groups excluding tert-OH is 8. The molecule has 0 bridgehead atoms. The average molecular weight is 1050 g/mol. The monoisotopic (exact) mass is 1050 g/mol. The van der Waals surface area contributed by atoms with Crippen molar-refractivity contribution in [1.29, 1.82) is 0 Å². The number of rotatable bonds is 46. The molecular formula is C60H107NO13. The van der Waals surface area contributed by atoms with Crippen molar-refractivity contribution in [2.24, 2.45) is 0 Å². The number of hydrogen-bond donors (Lipinski definition) is 9. The molecule has 2 saturated heterocycles. The van der Waals surface area contributed by atoms with E-state index in [4.69, 9.17) is 18.9 Å². The maximum Gasteiger partial charge on any atom is 0.220 e. The Bertz CT molecular complexity index is 1470. The van der Waals surface area contributed by atoms with Gasteiger partial charge in [-0.2, -0.15) is 0 Å². The number of amides is 1. The van der Waals surface area contributed by atoms with E-state index in [1.807, 2.05) is 6.08 Å². The van der Waals surface area contributed by atoms with E-state index in [0.29, 0.717) is 6.42 Å². The number of hydrogen-bond acceptors (Lipinski definition) is 13. The van der Waals surface area contributed by atoms with Gasteiger partial charge in [0.25, 0.3) is 0 Å². The van der Waals surface area contributed by atoms with Crippen LogP contribution < -0.4 is 5.32 Å². The Balaban J connectivity index is 1.77. The summed E-state index contributed by atoms with van der Waals surface area (Å²) in [7, 11) is 0. The summed E-state index contributed by atoms with van der Waals surface area (Å²) < 4.78 is 22.7. The van der Waals surface area contributed by atoms with Crippen molar-refractivity contribution < 1.29 is 64.6 Å². The maximum absolute atomic E-state index is 13.2. The zero-order valence-electron chi connectivity index (χ0n) is 46.1. The third-order valence-electron chi connectivity index (χ3n) is 14.2. The van der Waals surface area contributed by atoms with E-state index in [-0.39, 0.29) is 18.9 Å². The molecule has 14 heteroatoms. The van der Waals surface area contributed by atoms with Crippen LogP contribution in [0.1, 0.15) is 219 Å². The molecule has 74 heavy (non-hydrogen) atoms. The normalized spacial score (nSPS) is 25.6. The topological polar surface area (TPSA) is 228 Å². The first kappa shape index (κ1) is 67.8. The molecule has 12 unspecified atom stereocenters. The second-order valence-electron chi connectivity index (χ2n) is 20.7. The Hall–Kier alpha value is -2.31. The molecule has 0 spiro atoms. The Morgan fingerprint density at radius 3 is 1.43 bits per heavy atom. The van der Waals surface area contributed by atoms with Gasteiger partial charge in [0, 0.05) is 6.42 Å². The predicted octanol–water partition coefficient (Wildman–Crippen LogP) is 9.78. The molecule has 0 aromatic rings. The van der Waals surface area contributed by atoms with Crippen LogP contribution in [0.2, 0.25) is 0 Å². The van der Waals surface area contributed by atoms with Crippen molar-refractivity contribution in [2.45, 2.75) is 293 Å². The summed E-state index contributed by atoms with van der Waals surface area (Å²) in [4.78, 5) is 13.2. The third kappa shape index (κ3) is 31.2. The Morgan fingerprint density at radius 2 is 0.932 bits per heavy atom. The number of carbonyl (C=O) groups excluding carboxylic acids is 1. The summed E-state index contributed by atoms with van der Waals surface area (Å²) in [5, 5.41) is 87.0. The highest BCUT2D eigenvalue weighted by atomic mass is 16.7. The summed E-state index contributed by atoms with van der Waals surface area (Å²) in [6.45, 7) is 2.66. The molecule has 430 valence electrons. The Labute approximate surface area is 447 Å². The lowest BCUT2D eigenvalue weighted by atomic mass is 9.97. The molecule has 14 nitrogen and oxygen atoms in total. The molecule has 0 aromatic heterocycles. The van der Waals surface area contributed by atoms with Crippen molar-refractivity contribution in [2.75, 3.05) is 19.8 Å². The fourth-order valence-corrected chi connectivity index (χ4v) is 9.46. The molecule has 12 atom stereocenters. The lowest BCUT2D eigenvalue weighted by molar-refractivity contribution is -0.359. The SMILES string of the molecule is CC/C=C\C/C=C\C/C=C\C/C=C\CCCCC(=O)NC(COC1OC(CO)C(OC2OC(CO)C(O)C(O)C2O)C(O)C1O)C(O)/C=C/CCCCCCCCCCCCCCCCCCCCCCCCC. The summed E-state index contributed by atoms with van der Waals surface area (Å²) >= 11 is 0. The van der Waals surface area contributed by atoms with Gasteiger partial charge >= 0.3 is 0 Å². The maximum atomic E-state index is 13.2. The van der Waals surface area contributed by atoms with E-state index in [1.165, 1.54) is 135 Å². The Morgan fingerprint density at radius 1 is 0.500 bits per heavy atom. The second kappa shape index (κ2) is 45.7. The number of allylic oxidation sites excluding steroid dienone is 9. The molecule has 0 aliphatic carbocycles. The van der Waals surface area contributed by atoms with Crippen molar-refractivity contribution in [3.63, 3.8) is 0 Å². The highest BCUT2D eigenvalue weighted by Gasteiger charge is 2.51. The molecule has 2 aliphatic rings. The van der Waals surface area contributed by atoms with Gasteiger partial charge in [-0.3, -0.25) is 4.79 Å². The van der Waals surface area contributed by atoms with Crippen molar-refractivity contribution in [3.8, 4) is 0 Å². The number of aliphatic hydroxyl groups is 8. The number of unbranched alkanes of at least 4 members (excludes halogenated alkanes) is 25. The van der Waals surface area contributed by atoms with Crippen LogP contribution in [0.4, 0.5) is 0 Å².